The van der Waals surface area contributed by atoms with Crippen LogP contribution in [0.1, 0.15) is 24.7 Å². The van der Waals surface area contributed by atoms with Crippen molar-refractivity contribution in [2.45, 2.75) is 26.2 Å². The number of aryl methyl sites for hydroxylation is 1. The van der Waals surface area contributed by atoms with Crippen molar-refractivity contribution in [3.63, 3.8) is 0 Å². The third-order valence-corrected chi connectivity index (χ3v) is 2.97. The largest absolute Gasteiger partial charge is 0.373 e. The number of nitrogens with zero attached hydrogens (tertiary/aromatic N) is 5. The predicted octanol–water partition coefficient (Wildman–Crippen LogP) is 1.25. The van der Waals surface area contributed by atoms with Crippen molar-refractivity contribution < 1.29 is 0 Å². The molecule has 108 valence electrons. The van der Waals surface area contributed by atoms with E-state index in [-0.39, 0.29) is 0 Å². The Morgan fingerprint density at radius 3 is 2.60 bits per heavy atom. The molecule has 7 nitrogen and oxygen atoms in total. The third kappa shape index (κ3) is 3.43. The van der Waals surface area contributed by atoms with Gasteiger partial charge in [-0.05, 0) is 6.42 Å². The average Bonchev–Trinajstić information content (AvgIpc) is 2.86. The molecule has 2 rings (SSSR count). The van der Waals surface area contributed by atoms with E-state index < -0.39 is 0 Å². The smallest absolute Gasteiger partial charge is 0.152 e. The van der Waals surface area contributed by atoms with Gasteiger partial charge in [0.2, 0.25) is 0 Å². The van der Waals surface area contributed by atoms with E-state index in [4.69, 9.17) is 0 Å². The summed E-state index contributed by atoms with van der Waals surface area (Å²) in [7, 11) is 3.75. The van der Waals surface area contributed by atoms with Gasteiger partial charge < -0.3 is 10.6 Å². The second kappa shape index (κ2) is 6.83. The van der Waals surface area contributed by atoms with E-state index >= 15 is 0 Å². The molecule has 2 aromatic rings. The van der Waals surface area contributed by atoms with Crippen LogP contribution >= 0.6 is 0 Å². The van der Waals surface area contributed by atoms with Crippen LogP contribution in [-0.2, 0) is 19.9 Å². The van der Waals surface area contributed by atoms with Gasteiger partial charge in [-0.15, -0.1) is 0 Å². The lowest BCUT2D eigenvalue weighted by Crippen LogP contribution is -2.12. The molecule has 2 aromatic heterocycles. The molecule has 0 saturated carbocycles. The highest BCUT2D eigenvalue weighted by Gasteiger charge is 2.09. The molecule has 0 spiro atoms. The number of anilines is 2. The SMILES string of the molecule is CCCc1c(NC)ncnc1NCCc1ncn(C)n1. The first-order chi connectivity index (χ1) is 9.74. The zero-order valence-electron chi connectivity index (χ0n) is 12.2. The van der Waals surface area contributed by atoms with Gasteiger partial charge in [-0.2, -0.15) is 5.10 Å². The van der Waals surface area contributed by atoms with E-state index in [1.165, 1.54) is 0 Å². The van der Waals surface area contributed by atoms with Crippen molar-refractivity contribution in [2.75, 3.05) is 24.2 Å². The first kappa shape index (κ1) is 14.2. The molecule has 0 saturated heterocycles. The van der Waals surface area contributed by atoms with E-state index in [9.17, 15) is 0 Å². The van der Waals surface area contributed by atoms with Gasteiger partial charge in [0, 0.05) is 32.6 Å². The molecule has 0 unspecified atom stereocenters. The molecule has 2 N–H and O–H groups in total. The summed E-state index contributed by atoms with van der Waals surface area (Å²) in [5.41, 5.74) is 1.13. The first-order valence-corrected chi connectivity index (χ1v) is 6.84. The standard InChI is InChI=1S/C13H21N7/c1-4-5-10-12(14-2)16-8-17-13(10)15-7-6-11-18-9-20(3)19-11/h8-9H,4-7H2,1-3H3,(H2,14,15,16,17). The van der Waals surface area contributed by atoms with Crippen molar-refractivity contribution in [1.82, 2.24) is 24.7 Å². The lowest BCUT2D eigenvalue weighted by Gasteiger charge is -2.13. The summed E-state index contributed by atoms with van der Waals surface area (Å²) in [6.07, 6.45) is 6.05. The monoisotopic (exact) mass is 275 g/mol. The van der Waals surface area contributed by atoms with Crippen LogP contribution in [0.4, 0.5) is 11.6 Å². The Morgan fingerprint density at radius 1 is 1.15 bits per heavy atom. The molecule has 2 heterocycles. The summed E-state index contributed by atoms with van der Waals surface area (Å²) in [6, 6.07) is 0. The Labute approximate surface area is 118 Å². The molecule has 0 radical (unpaired) electrons. The van der Waals surface area contributed by atoms with E-state index in [1.807, 2.05) is 14.1 Å². The fraction of sp³-hybridized carbons (Fsp3) is 0.538. The topological polar surface area (TPSA) is 80.5 Å². The van der Waals surface area contributed by atoms with Crippen molar-refractivity contribution in [3.05, 3.63) is 24.0 Å². The minimum atomic E-state index is 0.751. The minimum absolute atomic E-state index is 0.751. The molecular formula is C13H21N7. The molecule has 0 bridgehead atoms. The summed E-state index contributed by atoms with van der Waals surface area (Å²) in [5.74, 6) is 2.61. The lowest BCUT2D eigenvalue weighted by molar-refractivity contribution is 0.741. The van der Waals surface area contributed by atoms with Gasteiger partial charge >= 0.3 is 0 Å². The predicted molar refractivity (Wildman–Crippen MR) is 78.8 cm³/mol. The molecular weight excluding hydrogens is 254 g/mol. The van der Waals surface area contributed by atoms with Crippen LogP contribution in [-0.4, -0.2) is 38.3 Å². The normalized spacial score (nSPS) is 10.6. The highest BCUT2D eigenvalue weighted by molar-refractivity contribution is 5.57. The molecule has 20 heavy (non-hydrogen) atoms. The summed E-state index contributed by atoms with van der Waals surface area (Å²) in [5, 5.41) is 10.7. The molecule has 0 aliphatic carbocycles. The van der Waals surface area contributed by atoms with E-state index in [0.29, 0.717) is 0 Å². The summed E-state index contributed by atoms with van der Waals surface area (Å²) in [4.78, 5) is 12.8. The van der Waals surface area contributed by atoms with Crippen LogP contribution in [0.2, 0.25) is 0 Å². The molecule has 0 fully saturated rings. The quantitative estimate of drug-likeness (QED) is 0.791. The maximum Gasteiger partial charge on any atom is 0.152 e. The van der Waals surface area contributed by atoms with Crippen LogP contribution in [0.25, 0.3) is 0 Å². The van der Waals surface area contributed by atoms with Crippen LogP contribution in [0.5, 0.6) is 0 Å². The molecule has 0 aliphatic rings. The summed E-state index contributed by atoms with van der Waals surface area (Å²) in [6.45, 7) is 2.90. The second-order valence-electron chi connectivity index (χ2n) is 4.56. The summed E-state index contributed by atoms with van der Waals surface area (Å²) < 4.78 is 1.71. The van der Waals surface area contributed by atoms with Gasteiger partial charge in [-0.3, -0.25) is 4.68 Å². The molecule has 7 heteroatoms. The summed E-state index contributed by atoms with van der Waals surface area (Å²) >= 11 is 0. The van der Waals surface area contributed by atoms with Crippen LogP contribution in [0.15, 0.2) is 12.7 Å². The van der Waals surface area contributed by atoms with E-state index in [2.05, 4.69) is 37.6 Å². The minimum Gasteiger partial charge on any atom is -0.373 e. The average molecular weight is 275 g/mol. The van der Waals surface area contributed by atoms with Gasteiger partial charge in [-0.25, -0.2) is 15.0 Å². The molecule has 0 aliphatic heterocycles. The van der Waals surface area contributed by atoms with Crippen LogP contribution < -0.4 is 10.6 Å². The van der Waals surface area contributed by atoms with Gasteiger partial charge in [-0.1, -0.05) is 13.3 Å². The number of aromatic nitrogens is 5. The third-order valence-electron chi connectivity index (χ3n) is 2.97. The maximum atomic E-state index is 4.33. The van der Waals surface area contributed by atoms with Crippen molar-refractivity contribution >= 4 is 11.6 Å². The fourth-order valence-corrected chi connectivity index (χ4v) is 2.06. The van der Waals surface area contributed by atoms with Crippen molar-refractivity contribution in [3.8, 4) is 0 Å². The highest BCUT2D eigenvalue weighted by Crippen LogP contribution is 2.20. The molecule has 0 atom stereocenters. The second-order valence-corrected chi connectivity index (χ2v) is 4.56. The fourth-order valence-electron chi connectivity index (χ4n) is 2.06. The van der Waals surface area contributed by atoms with E-state index in [1.54, 1.807) is 17.3 Å². The Hall–Kier alpha value is -2.18. The Kier molecular flexibility index (Phi) is 4.86. The number of hydrogen-bond acceptors (Lipinski definition) is 6. The number of hydrogen-bond donors (Lipinski definition) is 2. The first-order valence-electron chi connectivity index (χ1n) is 6.84. The Morgan fingerprint density at radius 2 is 1.95 bits per heavy atom. The van der Waals surface area contributed by atoms with Crippen molar-refractivity contribution in [1.29, 1.82) is 0 Å². The van der Waals surface area contributed by atoms with Crippen LogP contribution in [0.3, 0.4) is 0 Å². The molecule has 0 aromatic carbocycles. The zero-order chi connectivity index (χ0) is 14.4. The zero-order valence-corrected chi connectivity index (χ0v) is 12.2. The van der Waals surface area contributed by atoms with Gasteiger partial charge in [0.05, 0.1) is 0 Å². The van der Waals surface area contributed by atoms with E-state index in [0.717, 1.165) is 48.8 Å². The van der Waals surface area contributed by atoms with Gasteiger partial charge in [0.1, 0.15) is 24.3 Å². The van der Waals surface area contributed by atoms with Gasteiger partial charge in [0.25, 0.3) is 0 Å². The number of nitrogens with one attached hydrogen (secondary N) is 2. The van der Waals surface area contributed by atoms with Crippen molar-refractivity contribution in [2.24, 2.45) is 7.05 Å². The number of rotatable bonds is 7. The van der Waals surface area contributed by atoms with Gasteiger partial charge in [0.15, 0.2) is 5.82 Å². The maximum absolute atomic E-state index is 4.33. The lowest BCUT2D eigenvalue weighted by atomic mass is 10.1. The highest BCUT2D eigenvalue weighted by atomic mass is 15.3. The van der Waals surface area contributed by atoms with Crippen LogP contribution in [0, 0.1) is 0 Å². The molecule has 0 amide bonds. The Bertz CT molecular complexity index is 549. The Balaban J connectivity index is 2.01.